The summed E-state index contributed by atoms with van der Waals surface area (Å²) in [5, 5.41) is 3.47. The number of hydrogen-bond acceptors (Lipinski definition) is 3. The molecule has 3 nitrogen and oxygen atoms in total. The van der Waals surface area contributed by atoms with E-state index in [1.54, 1.807) is 0 Å². The van der Waals surface area contributed by atoms with Crippen LogP contribution in [-0.4, -0.2) is 18.1 Å². The molecule has 3 heteroatoms. The van der Waals surface area contributed by atoms with Crippen LogP contribution in [0.1, 0.15) is 24.8 Å². The Balaban J connectivity index is 1.63. The van der Waals surface area contributed by atoms with E-state index in [2.05, 4.69) is 22.4 Å². The summed E-state index contributed by atoms with van der Waals surface area (Å²) in [5.41, 5.74) is 3.22. The summed E-state index contributed by atoms with van der Waals surface area (Å²) in [4.78, 5) is 4.13. The van der Waals surface area contributed by atoms with Gasteiger partial charge in [0.25, 0.3) is 0 Å². The smallest absolute Gasteiger partial charge is 0.181 e. The van der Waals surface area contributed by atoms with Gasteiger partial charge in [0, 0.05) is 0 Å². The highest BCUT2D eigenvalue weighted by atomic mass is 16.3. The Labute approximate surface area is 101 Å². The molecule has 0 bridgehead atoms. The first-order valence-electron chi connectivity index (χ1n) is 6.45. The van der Waals surface area contributed by atoms with Gasteiger partial charge in [0.05, 0.1) is 0 Å². The van der Waals surface area contributed by atoms with Gasteiger partial charge in [0.1, 0.15) is 5.52 Å². The van der Waals surface area contributed by atoms with Gasteiger partial charge in [-0.15, -0.1) is 0 Å². The summed E-state index contributed by atoms with van der Waals surface area (Å²) in [6.45, 7) is 2.38. The van der Waals surface area contributed by atoms with Gasteiger partial charge in [-0.25, -0.2) is 4.98 Å². The fraction of sp³-hybridized carbons (Fsp3) is 0.500. The van der Waals surface area contributed by atoms with E-state index in [4.69, 9.17) is 4.42 Å². The Morgan fingerprint density at radius 1 is 1.41 bits per heavy atom. The molecule has 1 aliphatic rings. The van der Waals surface area contributed by atoms with Crippen molar-refractivity contribution in [2.45, 2.75) is 25.7 Å². The summed E-state index contributed by atoms with van der Waals surface area (Å²) < 4.78 is 5.33. The summed E-state index contributed by atoms with van der Waals surface area (Å²) in [5.74, 6) is 0.842. The summed E-state index contributed by atoms with van der Waals surface area (Å²) in [7, 11) is 0. The quantitative estimate of drug-likeness (QED) is 0.881. The molecule has 0 saturated carbocycles. The number of oxazole rings is 1. The third kappa shape index (κ3) is 2.50. The SMILES string of the molecule is c1nc2ccc(CCC3CCCNC3)cc2o1. The first-order valence-corrected chi connectivity index (χ1v) is 6.45. The van der Waals surface area contributed by atoms with E-state index in [-0.39, 0.29) is 0 Å². The van der Waals surface area contributed by atoms with Crippen LogP contribution in [0.15, 0.2) is 29.0 Å². The van der Waals surface area contributed by atoms with Crippen molar-refractivity contribution < 1.29 is 4.42 Å². The Morgan fingerprint density at radius 2 is 2.41 bits per heavy atom. The first kappa shape index (κ1) is 10.8. The predicted octanol–water partition coefficient (Wildman–Crippen LogP) is 2.76. The lowest BCUT2D eigenvalue weighted by atomic mass is 9.93. The van der Waals surface area contributed by atoms with Gasteiger partial charge < -0.3 is 9.73 Å². The molecule has 2 aromatic rings. The number of aromatic nitrogens is 1. The predicted molar refractivity (Wildman–Crippen MR) is 67.9 cm³/mol. The van der Waals surface area contributed by atoms with Crippen LogP contribution >= 0.6 is 0 Å². The second kappa shape index (κ2) is 4.88. The average Bonchev–Trinajstić information content (AvgIpc) is 2.85. The second-order valence-corrected chi connectivity index (χ2v) is 4.91. The molecule has 1 saturated heterocycles. The van der Waals surface area contributed by atoms with E-state index in [9.17, 15) is 0 Å². The Kier molecular flexibility index (Phi) is 3.10. The molecule has 1 N–H and O–H groups in total. The maximum atomic E-state index is 5.33. The number of piperidine rings is 1. The zero-order chi connectivity index (χ0) is 11.5. The van der Waals surface area contributed by atoms with Gasteiger partial charge in [0.2, 0.25) is 0 Å². The topological polar surface area (TPSA) is 38.1 Å². The highest BCUT2D eigenvalue weighted by Crippen LogP contribution is 2.19. The minimum absolute atomic E-state index is 0.842. The van der Waals surface area contributed by atoms with E-state index in [1.165, 1.54) is 44.3 Å². The summed E-state index contributed by atoms with van der Waals surface area (Å²) >= 11 is 0. The first-order chi connectivity index (χ1) is 8.42. The van der Waals surface area contributed by atoms with Crippen LogP contribution in [0.2, 0.25) is 0 Å². The molecular weight excluding hydrogens is 212 g/mol. The minimum Gasteiger partial charge on any atom is -0.443 e. The lowest BCUT2D eigenvalue weighted by molar-refractivity contribution is 0.358. The van der Waals surface area contributed by atoms with Crippen LogP contribution in [0.3, 0.4) is 0 Å². The number of benzene rings is 1. The number of aryl methyl sites for hydroxylation is 1. The monoisotopic (exact) mass is 230 g/mol. The van der Waals surface area contributed by atoms with Crippen molar-refractivity contribution in [1.82, 2.24) is 10.3 Å². The van der Waals surface area contributed by atoms with E-state index in [1.807, 2.05) is 6.07 Å². The molecule has 0 aliphatic carbocycles. The molecule has 1 aromatic heterocycles. The third-order valence-electron chi connectivity index (χ3n) is 3.64. The van der Waals surface area contributed by atoms with Crippen LogP contribution < -0.4 is 5.32 Å². The average molecular weight is 230 g/mol. The molecule has 1 aromatic carbocycles. The molecule has 0 amide bonds. The van der Waals surface area contributed by atoms with Gasteiger partial charge in [-0.2, -0.15) is 0 Å². The van der Waals surface area contributed by atoms with Gasteiger partial charge >= 0.3 is 0 Å². The lowest BCUT2D eigenvalue weighted by Gasteiger charge is -2.22. The Morgan fingerprint density at radius 3 is 3.29 bits per heavy atom. The molecule has 0 spiro atoms. The van der Waals surface area contributed by atoms with Crippen molar-refractivity contribution in [2.75, 3.05) is 13.1 Å². The normalized spacial score (nSPS) is 20.8. The summed E-state index contributed by atoms with van der Waals surface area (Å²) in [6.07, 6.45) is 6.62. The van der Waals surface area contributed by atoms with Gasteiger partial charge in [-0.3, -0.25) is 0 Å². The fourth-order valence-electron chi connectivity index (χ4n) is 2.60. The number of nitrogens with one attached hydrogen (secondary N) is 1. The van der Waals surface area contributed by atoms with Crippen molar-refractivity contribution in [3.63, 3.8) is 0 Å². The zero-order valence-electron chi connectivity index (χ0n) is 9.98. The number of fused-ring (bicyclic) bond motifs is 1. The lowest BCUT2D eigenvalue weighted by Crippen LogP contribution is -2.29. The van der Waals surface area contributed by atoms with Crippen LogP contribution in [0.25, 0.3) is 11.1 Å². The van der Waals surface area contributed by atoms with Crippen LogP contribution in [-0.2, 0) is 6.42 Å². The molecule has 3 rings (SSSR count). The van der Waals surface area contributed by atoms with Crippen LogP contribution in [0.5, 0.6) is 0 Å². The number of rotatable bonds is 3. The van der Waals surface area contributed by atoms with Crippen LogP contribution in [0.4, 0.5) is 0 Å². The van der Waals surface area contributed by atoms with Crippen molar-refractivity contribution in [2.24, 2.45) is 5.92 Å². The molecule has 0 radical (unpaired) electrons. The third-order valence-corrected chi connectivity index (χ3v) is 3.64. The van der Waals surface area contributed by atoms with E-state index in [0.29, 0.717) is 0 Å². The van der Waals surface area contributed by atoms with E-state index in [0.717, 1.165) is 23.4 Å². The Bertz CT molecular complexity index is 486. The Hall–Kier alpha value is -1.35. The van der Waals surface area contributed by atoms with Crippen molar-refractivity contribution in [1.29, 1.82) is 0 Å². The molecule has 1 atom stereocenters. The van der Waals surface area contributed by atoms with Crippen molar-refractivity contribution in [3.8, 4) is 0 Å². The molecular formula is C14H18N2O. The zero-order valence-corrected chi connectivity index (χ0v) is 9.98. The molecule has 1 aliphatic heterocycles. The highest BCUT2D eigenvalue weighted by molar-refractivity contribution is 5.72. The maximum absolute atomic E-state index is 5.33. The largest absolute Gasteiger partial charge is 0.443 e. The van der Waals surface area contributed by atoms with E-state index >= 15 is 0 Å². The number of hydrogen-bond donors (Lipinski definition) is 1. The van der Waals surface area contributed by atoms with Gasteiger partial charge in [-0.05, 0) is 62.4 Å². The van der Waals surface area contributed by atoms with Gasteiger partial charge in [-0.1, -0.05) is 6.07 Å². The van der Waals surface area contributed by atoms with Gasteiger partial charge in [0.15, 0.2) is 12.0 Å². The molecule has 17 heavy (non-hydrogen) atoms. The van der Waals surface area contributed by atoms with Crippen LogP contribution in [0, 0.1) is 5.92 Å². The standard InChI is InChI=1S/C14H18N2O/c1-2-12(9-15-7-1)4-3-11-5-6-13-14(8-11)17-10-16-13/h5-6,8,10,12,15H,1-4,7,9H2. The molecule has 1 unspecified atom stereocenters. The molecule has 2 heterocycles. The number of nitrogens with zero attached hydrogens (tertiary/aromatic N) is 1. The molecule has 1 fully saturated rings. The second-order valence-electron chi connectivity index (χ2n) is 4.91. The highest BCUT2D eigenvalue weighted by Gasteiger charge is 2.12. The maximum Gasteiger partial charge on any atom is 0.181 e. The van der Waals surface area contributed by atoms with Crippen molar-refractivity contribution in [3.05, 3.63) is 30.2 Å². The summed E-state index contributed by atoms with van der Waals surface area (Å²) in [6, 6.07) is 6.34. The van der Waals surface area contributed by atoms with E-state index < -0.39 is 0 Å². The van der Waals surface area contributed by atoms with Crippen molar-refractivity contribution >= 4 is 11.1 Å². The molecule has 90 valence electrons. The fourth-order valence-corrected chi connectivity index (χ4v) is 2.60. The minimum atomic E-state index is 0.842.